The van der Waals surface area contributed by atoms with E-state index in [1.54, 1.807) is 7.11 Å². The van der Waals surface area contributed by atoms with Crippen LogP contribution in [0.5, 0.6) is 0 Å². The number of hydrogen-bond acceptors (Lipinski definition) is 4. The Bertz CT molecular complexity index is 60.6. The first-order chi connectivity index (χ1) is 6.33. The molecule has 0 fully saturated rings. The first kappa shape index (κ1) is 15.3. The van der Waals surface area contributed by atoms with Crippen molar-refractivity contribution in [1.29, 1.82) is 0 Å². The number of aliphatic hydroxyl groups is 1. The number of methoxy groups -OCH3 is 1. The first-order valence-electron chi connectivity index (χ1n) is 4.58. The summed E-state index contributed by atoms with van der Waals surface area (Å²) in [5.41, 5.74) is 0. The third-order valence-corrected chi connectivity index (χ3v) is 1.08. The molecule has 0 amide bonds. The smallest absolute Gasteiger partial charge is 0.0700 e. The Labute approximate surface area is 80.8 Å². The maximum Gasteiger partial charge on any atom is 0.0700 e. The van der Waals surface area contributed by atoms with Crippen LogP contribution >= 0.6 is 0 Å². The Morgan fingerprint density at radius 1 is 0.923 bits per heavy atom. The molecule has 0 saturated heterocycles. The van der Waals surface area contributed by atoms with E-state index in [1.165, 1.54) is 0 Å². The van der Waals surface area contributed by atoms with Crippen LogP contribution < -0.4 is 0 Å². The van der Waals surface area contributed by atoms with E-state index in [0.29, 0.717) is 6.61 Å². The van der Waals surface area contributed by atoms with Gasteiger partial charge in [0.25, 0.3) is 0 Å². The fraction of sp³-hybridized carbons (Fsp3) is 1.00. The van der Waals surface area contributed by atoms with Gasteiger partial charge in [-0.2, -0.15) is 0 Å². The summed E-state index contributed by atoms with van der Waals surface area (Å²) in [6, 6.07) is 0. The first-order valence-corrected chi connectivity index (χ1v) is 4.58. The summed E-state index contributed by atoms with van der Waals surface area (Å²) < 4.78 is 14.5. The summed E-state index contributed by atoms with van der Waals surface area (Å²) in [4.78, 5) is 0. The zero-order valence-corrected chi connectivity index (χ0v) is 8.91. The Morgan fingerprint density at radius 3 is 1.54 bits per heavy atom. The van der Waals surface area contributed by atoms with Gasteiger partial charge in [-0.05, 0) is 13.8 Å². The molecule has 4 heteroatoms. The molecule has 0 atom stereocenters. The van der Waals surface area contributed by atoms with E-state index < -0.39 is 0 Å². The standard InChI is InChI=1S/C6H14O2.C3H8O2/c1-3-7-5-6-8-4-2;1-5-3-2-4/h3-6H2,1-2H3;4H,2-3H2,1H3. The van der Waals surface area contributed by atoms with Gasteiger partial charge in [0, 0.05) is 20.3 Å². The van der Waals surface area contributed by atoms with Crippen molar-refractivity contribution in [1.82, 2.24) is 0 Å². The molecule has 0 radical (unpaired) electrons. The molecular formula is C9H22O4. The fourth-order valence-electron chi connectivity index (χ4n) is 0.498. The molecule has 0 aliphatic carbocycles. The highest BCUT2D eigenvalue weighted by molar-refractivity contribution is 4.24. The zero-order valence-electron chi connectivity index (χ0n) is 8.91. The van der Waals surface area contributed by atoms with Crippen molar-refractivity contribution in [2.75, 3.05) is 46.8 Å². The Morgan fingerprint density at radius 2 is 1.38 bits per heavy atom. The van der Waals surface area contributed by atoms with Crippen LogP contribution in [-0.4, -0.2) is 51.9 Å². The highest BCUT2D eigenvalue weighted by Crippen LogP contribution is 1.75. The molecule has 0 aromatic rings. The van der Waals surface area contributed by atoms with Crippen molar-refractivity contribution in [3.8, 4) is 0 Å². The van der Waals surface area contributed by atoms with Gasteiger partial charge in [-0.3, -0.25) is 0 Å². The molecule has 0 rings (SSSR count). The maximum atomic E-state index is 7.94. The molecule has 0 aliphatic rings. The molecule has 0 bridgehead atoms. The lowest BCUT2D eigenvalue weighted by molar-refractivity contribution is 0.0584. The normalized spacial score (nSPS) is 9.23. The molecule has 4 nitrogen and oxygen atoms in total. The van der Waals surface area contributed by atoms with E-state index in [1.807, 2.05) is 13.8 Å². The van der Waals surface area contributed by atoms with E-state index in [4.69, 9.17) is 14.6 Å². The Balaban J connectivity index is 0. The minimum Gasteiger partial charge on any atom is -0.394 e. The van der Waals surface area contributed by atoms with Crippen LogP contribution in [0.15, 0.2) is 0 Å². The van der Waals surface area contributed by atoms with E-state index in [2.05, 4.69) is 4.74 Å². The predicted octanol–water partition coefficient (Wildman–Crippen LogP) is 0.685. The lowest BCUT2D eigenvalue weighted by Crippen LogP contribution is -2.02. The number of hydrogen-bond donors (Lipinski definition) is 1. The van der Waals surface area contributed by atoms with Gasteiger partial charge in [0.1, 0.15) is 0 Å². The molecule has 82 valence electrons. The molecule has 13 heavy (non-hydrogen) atoms. The van der Waals surface area contributed by atoms with Gasteiger partial charge in [-0.1, -0.05) is 0 Å². The van der Waals surface area contributed by atoms with Crippen molar-refractivity contribution in [3.63, 3.8) is 0 Å². The van der Waals surface area contributed by atoms with Gasteiger partial charge in [-0.15, -0.1) is 0 Å². The van der Waals surface area contributed by atoms with Gasteiger partial charge in [-0.25, -0.2) is 0 Å². The van der Waals surface area contributed by atoms with Crippen LogP contribution in [0.3, 0.4) is 0 Å². The number of rotatable bonds is 7. The van der Waals surface area contributed by atoms with Crippen LogP contribution in [0.25, 0.3) is 0 Å². The highest BCUT2D eigenvalue weighted by atomic mass is 16.5. The highest BCUT2D eigenvalue weighted by Gasteiger charge is 1.81. The zero-order chi connectivity index (χ0) is 10.4. The molecular weight excluding hydrogens is 172 g/mol. The molecule has 0 aromatic heterocycles. The van der Waals surface area contributed by atoms with Crippen molar-refractivity contribution in [2.45, 2.75) is 13.8 Å². The average molecular weight is 194 g/mol. The molecule has 0 aromatic carbocycles. The lowest BCUT2D eigenvalue weighted by Gasteiger charge is -1.99. The quantitative estimate of drug-likeness (QED) is 0.606. The summed E-state index contributed by atoms with van der Waals surface area (Å²) >= 11 is 0. The van der Waals surface area contributed by atoms with Crippen LogP contribution in [0, 0.1) is 0 Å². The molecule has 0 spiro atoms. The van der Waals surface area contributed by atoms with Crippen LogP contribution in [-0.2, 0) is 14.2 Å². The summed E-state index contributed by atoms with van der Waals surface area (Å²) in [5.74, 6) is 0. The van der Waals surface area contributed by atoms with Crippen molar-refractivity contribution in [3.05, 3.63) is 0 Å². The molecule has 0 unspecified atom stereocenters. The van der Waals surface area contributed by atoms with Gasteiger partial charge in [0.05, 0.1) is 26.4 Å². The lowest BCUT2D eigenvalue weighted by atomic mass is 10.7. The molecule has 0 saturated carbocycles. The van der Waals surface area contributed by atoms with Gasteiger partial charge in [0.2, 0.25) is 0 Å². The van der Waals surface area contributed by atoms with Gasteiger partial charge >= 0.3 is 0 Å². The number of ether oxygens (including phenoxy) is 3. The Kier molecular flexibility index (Phi) is 21.0. The summed E-state index contributed by atoms with van der Waals surface area (Å²) in [5, 5.41) is 7.94. The second-order valence-corrected chi connectivity index (χ2v) is 2.11. The SMILES string of the molecule is CCOCCOCC.COCCO. The summed E-state index contributed by atoms with van der Waals surface area (Å²) in [7, 11) is 1.55. The molecule has 0 heterocycles. The van der Waals surface area contributed by atoms with Crippen LogP contribution in [0.4, 0.5) is 0 Å². The van der Waals surface area contributed by atoms with Crippen LogP contribution in [0.1, 0.15) is 13.8 Å². The largest absolute Gasteiger partial charge is 0.394 e. The summed E-state index contributed by atoms with van der Waals surface area (Å²) in [6.45, 7) is 7.54. The van der Waals surface area contributed by atoms with Crippen molar-refractivity contribution in [2.24, 2.45) is 0 Å². The number of aliphatic hydroxyl groups excluding tert-OH is 1. The molecule has 1 N–H and O–H groups in total. The van der Waals surface area contributed by atoms with Crippen molar-refractivity contribution >= 4 is 0 Å². The minimum absolute atomic E-state index is 0.122. The topological polar surface area (TPSA) is 47.9 Å². The van der Waals surface area contributed by atoms with Crippen molar-refractivity contribution < 1.29 is 19.3 Å². The van der Waals surface area contributed by atoms with Crippen LogP contribution in [0.2, 0.25) is 0 Å². The van der Waals surface area contributed by atoms with E-state index in [-0.39, 0.29) is 6.61 Å². The monoisotopic (exact) mass is 194 g/mol. The second-order valence-electron chi connectivity index (χ2n) is 2.11. The van der Waals surface area contributed by atoms with Gasteiger partial charge in [0.15, 0.2) is 0 Å². The minimum atomic E-state index is 0.122. The van der Waals surface area contributed by atoms with E-state index >= 15 is 0 Å². The van der Waals surface area contributed by atoms with E-state index in [9.17, 15) is 0 Å². The summed E-state index contributed by atoms with van der Waals surface area (Å²) in [6.07, 6.45) is 0. The maximum absolute atomic E-state index is 7.94. The van der Waals surface area contributed by atoms with Gasteiger partial charge < -0.3 is 19.3 Å². The average Bonchev–Trinajstić information content (AvgIpc) is 2.15. The predicted molar refractivity (Wildman–Crippen MR) is 51.9 cm³/mol. The Hall–Kier alpha value is -0.160. The third-order valence-electron chi connectivity index (χ3n) is 1.08. The van der Waals surface area contributed by atoms with E-state index in [0.717, 1.165) is 26.4 Å². The second kappa shape index (κ2) is 17.8. The fourth-order valence-corrected chi connectivity index (χ4v) is 0.498. The molecule has 0 aliphatic heterocycles. The third kappa shape index (κ3) is 24.5.